The molecule has 0 bridgehead atoms. The SMILES string of the molecule is CC(C)CCCCCCCCCCCCC(=O)O[C@H](COC(=O)CCCCCCCCCC(C)C)COP(=O)(O)OC[C@@H](O)COP(=O)(O)OC[C@@H](COC(=O)CCCCCCCCC(C)C)OC(=O)CCCCCCCCCCCC(C)C. The second kappa shape index (κ2) is 55.2. The monoisotopic (exact) mass is 1240 g/mol. The van der Waals surface area contributed by atoms with Crippen molar-refractivity contribution in [1.29, 1.82) is 0 Å². The van der Waals surface area contributed by atoms with E-state index in [-0.39, 0.29) is 25.7 Å². The summed E-state index contributed by atoms with van der Waals surface area (Å²) >= 11 is 0. The lowest BCUT2D eigenvalue weighted by atomic mass is 10.0. The molecule has 84 heavy (non-hydrogen) atoms. The zero-order chi connectivity index (χ0) is 62.5. The Labute approximate surface area is 511 Å². The van der Waals surface area contributed by atoms with Crippen LogP contribution in [0.1, 0.15) is 312 Å². The molecule has 0 aromatic carbocycles. The summed E-state index contributed by atoms with van der Waals surface area (Å²) in [6.07, 6.45) is 35.1. The van der Waals surface area contributed by atoms with Crippen molar-refractivity contribution in [3.05, 3.63) is 0 Å². The number of carbonyl (C=O) groups excluding carboxylic acids is 4. The van der Waals surface area contributed by atoms with Gasteiger partial charge in [-0.2, -0.15) is 0 Å². The van der Waals surface area contributed by atoms with Gasteiger partial charge < -0.3 is 33.8 Å². The zero-order valence-corrected chi connectivity index (χ0v) is 56.3. The summed E-state index contributed by atoms with van der Waals surface area (Å²) in [6, 6.07) is 0. The van der Waals surface area contributed by atoms with Gasteiger partial charge in [0, 0.05) is 25.7 Å². The molecule has 0 saturated heterocycles. The molecule has 0 amide bonds. The molecule has 498 valence electrons. The first-order valence-corrected chi connectivity index (χ1v) is 36.7. The van der Waals surface area contributed by atoms with Gasteiger partial charge in [-0.05, 0) is 49.4 Å². The number of aliphatic hydroxyl groups is 1. The van der Waals surface area contributed by atoms with Crippen LogP contribution in [-0.4, -0.2) is 96.7 Å². The Hall–Kier alpha value is -1.94. The lowest BCUT2D eigenvalue weighted by Crippen LogP contribution is -2.30. The largest absolute Gasteiger partial charge is 0.472 e. The van der Waals surface area contributed by atoms with Gasteiger partial charge in [0.2, 0.25) is 0 Å². The molecule has 0 spiro atoms. The lowest BCUT2D eigenvalue weighted by molar-refractivity contribution is -0.161. The highest BCUT2D eigenvalue weighted by Gasteiger charge is 2.30. The predicted molar refractivity (Wildman–Crippen MR) is 335 cm³/mol. The van der Waals surface area contributed by atoms with Gasteiger partial charge in [0.25, 0.3) is 0 Å². The molecule has 0 aliphatic rings. The molecule has 5 atom stereocenters. The van der Waals surface area contributed by atoms with Gasteiger partial charge in [-0.15, -0.1) is 0 Å². The Bertz CT molecular complexity index is 1680. The van der Waals surface area contributed by atoms with Crippen molar-refractivity contribution in [3.8, 4) is 0 Å². The second-order valence-electron chi connectivity index (χ2n) is 25.4. The average molecular weight is 1240 g/mol. The van der Waals surface area contributed by atoms with Crippen LogP contribution in [0.25, 0.3) is 0 Å². The molecule has 3 N–H and O–H groups in total. The van der Waals surface area contributed by atoms with E-state index in [1.165, 1.54) is 103 Å². The van der Waals surface area contributed by atoms with E-state index in [2.05, 4.69) is 55.4 Å². The van der Waals surface area contributed by atoms with Crippen LogP contribution in [0, 0.1) is 23.7 Å². The maximum Gasteiger partial charge on any atom is 0.472 e. The predicted octanol–water partition coefficient (Wildman–Crippen LogP) is 17.8. The molecule has 0 aromatic heterocycles. The van der Waals surface area contributed by atoms with Crippen LogP contribution in [0.3, 0.4) is 0 Å². The van der Waals surface area contributed by atoms with Crippen molar-refractivity contribution in [2.45, 2.75) is 331 Å². The van der Waals surface area contributed by atoms with Crippen molar-refractivity contribution in [2.75, 3.05) is 39.6 Å². The van der Waals surface area contributed by atoms with E-state index in [1.54, 1.807) is 0 Å². The fourth-order valence-corrected chi connectivity index (χ4v) is 11.2. The number of unbranched alkanes of at least 4 members (excludes halogenated alkanes) is 28. The standard InChI is InChI=1S/C65H126O17P2/c1-55(2)41-33-25-17-12-9-10-14-20-31-39-47-64(69)81-60(51-75-62(67)45-37-29-22-16-19-27-35-43-57(5)6)53-79-83(71,72)77-49-59(66)50-78-84(73,74)80-54-61(52-76-63(68)46-38-30-24-23-28-36-44-58(7)8)82-65(70)48-40-32-21-15-11-13-18-26-34-42-56(3)4/h55-61,66H,9-54H2,1-8H3,(H,71,72)(H,73,74)/t59-,60-,61-/m1/s1. The third kappa shape index (κ3) is 59.0. The molecule has 0 aliphatic heterocycles. The normalized spacial score (nSPS) is 14.4. The third-order valence-electron chi connectivity index (χ3n) is 14.8. The van der Waals surface area contributed by atoms with Gasteiger partial charge in [0.1, 0.15) is 19.3 Å². The van der Waals surface area contributed by atoms with Gasteiger partial charge in [0.05, 0.1) is 26.4 Å². The molecular formula is C65H126O17P2. The van der Waals surface area contributed by atoms with Gasteiger partial charge in [-0.1, -0.05) is 261 Å². The topological polar surface area (TPSA) is 237 Å². The van der Waals surface area contributed by atoms with E-state index < -0.39 is 97.5 Å². The summed E-state index contributed by atoms with van der Waals surface area (Å²) in [4.78, 5) is 72.2. The molecule has 0 saturated carbocycles. The summed E-state index contributed by atoms with van der Waals surface area (Å²) in [5.74, 6) is 0.733. The Morgan fingerprint density at radius 3 is 0.738 bits per heavy atom. The van der Waals surface area contributed by atoms with E-state index in [9.17, 15) is 43.2 Å². The van der Waals surface area contributed by atoms with E-state index in [4.69, 9.17) is 37.0 Å². The average Bonchev–Trinajstić information content (AvgIpc) is 3.58. The summed E-state index contributed by atoms with van der Waals surface area (Å²) in [5, 5.41) is 10.5. The number of hydrogen-bond acceptors (Lipinski definition) is 15. The number of hydrogen-bond donors (Lipinski definition) is 3. The fraction of sp³-hybridized carbons (Fsp3) is 0.938. The van der Waals surface area contributed by atoms with Gasteiger partial charge in [-0.3, -0.25) is 37.3 Å². The van der Waals surface area contributed by atoms with E-state index in [1.807, 2.05) is 0 Å². The summed E-state index contributed by atoms with van der Waals surface area (Å²) < 4.78 is 68.0. The van der Waals surface area contributed by atoms with Crippen LogP contribution < -0.4 is 0 Å². The zero-order valence-electron chi connectivity index (χ0n) is 54.5. The molecule has 17 nitrogen and oxygen atoms in total. The summed E-state index contributed by atoms with van der Waals surface area (Å²) in [5.41, 5.74) is 0. The van der Waals surface area contributed by atoms with Crippen molar-refractivity contribution >= 4 is 39.5 Å². The summed E-state index contributed by atoms with van der Waals surface area (Å²) in [7, 11) is -9.89. The van der Waals surface area contributed by atoms with E-state index in [0.29, 0.717) is 37.5 Å². The van der Waals surface area contributed by atoms with Crippen LogP contribution in [0.5, 0.6) is 0 Å². The Kier molecular flexibility index (Phi) is 53.9. The number of esters is 4. The molecule has 0 aromatic rings. The molecule has 19 heteroatoms. The van der Waals surface area contributed by atoms with Gasteiger partial charge in [0.15, 0.2) is 12.2 Å². The highest BCUT2D eigenvalue weighted by atomic mass is 31.2. The quantitative estimate of drug-likeness (QED) is 0.0222. The van der Waals surface area contributed by atoms with Crippen molar-refractivity contribution in [2.24, 2.45) is 23.7 Å². The van der Waals surface area contributed by atoms with Crippen molar-refractivity contribution in [1.82, 2.24) is 0 Å². The molecule has 0 radical (unpaired) electrons. The molecule has 0 fully saturated rings. The van der Waals surface area contributed by atoms with Crippen LogP contribution >= 0.6 is 15.6 Å². The smallest absolute Gasteiger partial charge is 0.462 e. The minimum atomic E-state index is -4.95. The lowest BCUT2D eigenvalue weighted by Gasteiger charge is -2.21. The van der Waals surface area contributed by atoms with Crippen LogP contribution in [0.15, 0.2) is 0 Å². The first kappa shape index (κ1) is 82.1. The number of carbonyl (C=O) groups is 4. The fourth-order valence-electron chi connectivity index (χ4n) is 9.61. The maximum atomic E-state index is 13.0. The minimum absolute atomic E-state index is 0.103. The Morgan fingerprint density at radius 1 is 0.298 bits per heavy atom. The Morgan fingerprint density at radius 2 is 0.500 bits per heavy atom. The molecule has 2 unspecified atom stereocenters. The van der Waals surface area contributed by atoms with Crippen molar-refractivity contribution < 1.29 is 80.2 Å². The molecule has 0 rings (SSSR count). The van der Waals surface area contributed by atoms with E-state index >= 15 is 0 Å². The number of ether oxygens (including phenoxy) is 4. The number of aliphatic hydroxyl groups excluding tert-OH is 1. The summed E-state index contributed by atoms with van der Waals surface area (Å²) in [6.45, 7) is 13.9. The van der Waals surface area contributed by atoms with Gasteiger partial charge >= 0.3 is 39.5 Å². The highest BCUT2D eigenvalue weighted by molar-refractivity contribution is 7.47. The maximum absolute atomic E-state index is 13.0. The van der Waals surface area contributed by atoms with E-state index in [0.717, 1.165) is 115 Å². The first-order chi connectivity index (χ1) is 40.1. The van der Waals surface area contributed by atoms with Crippen LogP contribution in [-0.2, 0) is 65.4 Å². The second-order valence-corrected chi connectivity index (χ2v) is 28.3. The van der Waals surface area contributed by atoms with Crippen molar-refractivity contribution in [3.63, 3.8) is 0 Å². The highest BCUT2D eigenvalue weighted by Crippen LogP contribution is 2.45. The molecule has 0 heterocycles. The van der Waals surface area contributed by atoms with Crippen LogP contribution in [0.4, 0.5) is 0 Å². The minimum Gasteiger partial charge on any atom is -0.462 e. The number of rotatable bonds is 62. The van der Waals surface area contributed by atoms with Crippen LogP contribution in [0.2, 0.25) is 0 Å². The Balaban J connectivity index is 5.25. The molecule has 0 aliphatic carbocycles. The third-order valence-corrected chi connectivity index (χ3v) is 16.7. The first-order valence-electron chi connectivity index (χ1n) is 33.7. The molecular weight excluding hydrogens is 1110 g/mol. The number of phosphoric acid groups is 2. The number of phosphoric ester groups is 2. The van der Waals surface area contributed by atoms with Gasteiger partial charge in [-0.25, -0.2) is 9.13 Å².